The van der Waals surface area contributed by atoms with Gasteiger partial charge in [0.2, 0.25) is 5.91 Å². The Hall–Kier alpha value is -2.30. The lowest BCUT2D eigenvalue weighted by Crippen LogP contribution is -2.53. The quantitative estimate of drug-likeness (QED) is 0.904. The number of amides is 1. The van der Waals surface area contributed by atoms with Crippen molar-refractivity contribution in [2.45, 2.75) is 37.8 Å². The monoisotopic (exact) mass is 286 g/mol. The van der Waals surface area contributed by atoms with Gasteiger partial charge in [0, 0.05) is 11.7 Å². The number of benzene rings is 1. The van der Waals surface area contributed by atoms with E-state index in [-0.39, 0.29) is 12.5 Å². The number of aliphatic carboxylic acids is 1. The number of aromatic nitrogens is 1. The highest BCUT2D eigenvalue weighted by atomic mass is 16.4. The SMILES string of the molecule is O=C(Cn1ccc2ccccc21)NC1(C(=O)O)CCCC1. The van der Waals surface area contributed by atoms with E-state index in [0.29, 0.717) is 12.8 Å². The van der Waals surface area contributed by atoms with E-state index >= 15 is 0 Å². The van der Waals surface area contributed by atoms with E-state index in [1.165, 1.54) is 0 Å². The lowest BCUT2D eigenvalue weighted by molar-refractivity contribution is -0.147. The number of carbonyl (C=O) groups is 2. The molecule has 0 bridgehead atoms. The Morgan fingerprint density at radius 2 is 1.90 bits per heavy atom. The van der Waals surface area contributed by atoms with E-state index < -0.39 is 11.5 Å². The number of carboxylic acid groups (broad SMARTS) is 1. The summed E-state index contributed by atoms with van der Waals surface area (Å²) in [6.07, 6.45) is 4.57. The first-order valence-corrected chi connectivity index (χ1v) is 7.19. The van der Waals surface area contributed by atoms with E-state index in [1.54, 1.807) is 0 Å². The summed E-state index contributed by atoms with van der Waals surface area (Å²) in [5.41, 5.74) is -0.0940. The largest absolute Gasteiger partial charge is 0.480 e. The van der Waals surface area contributed by atoms with Crippen molar-refractivity contribution in [3.63, 3.8) is 0 Å². The number of nitrogens with zero attached hydrogens (tertiary/aromatic N) is 1. The maximum Gasteiger partial charge on any atom is 0.329 e. The van der Waals surface area contributed by atoms with Crippen molar-refractivity contribution in [2.75, 3.05) is 0 Å². The Kier molecular flexibility index (Phi) is 3.41. The number of rotatable bonds is 4. The Bertz CT molecular complexity index is 684. The molecular formula is C16H18N2O3. The highest BCUT2D eigenvalue weighted by molar-refractivity contribution is 5.88. The molecule has 1 aliphatic rings. The van der Waals surface area contributed by atoms with E-state index in [0.717, 1.165) is 23.7 Å². The van der Waals surface area contributed by atoms with Crippen LogP contribution in [0.4, 0.5) is 0 Å². The van der Waals surface area contributed by atoms with Crippen molar-refractivity contribution in [1.82, 2.24) is 9.88 Å². The minimum absolute atomic E-state index is 0.141. The minimum Gasteiger partial charge on any atom is -0.480 e. The van der Waals surface area contributed by atoms with Crippen LogP contribution in [0.5, 0.6) is 0 Å². The molecule has 1 aromatic heterocycles. The van der Waals surface area contributed by atoms with Crippen LogP contribution in [0.1, 0.15) is 25.7 Å². The molecule has 1 aliphatic carbocycles. The third-order valence-corrected chi connectivity index (χ3v) is 4.24. The van der Waals surface area contributed by atoms with Crippen molar-refractivity contribution >= 4 is 22.8 Å². The van der Waals surface area contributed by atoms with Crippen LogP contribution in [0.2, 0.25) is 0 Å². The fourth-order valence-corrected chi connectivity index (χ4v) is 3.11. The summed E-state index contributed by atoms with van der Waals surface area (Å²) < 4.78 is 1.84. The van der Waals surface area contributed by atoms with Crippen LogP contribution in [-0.2, 0) is 16.1 Å². The molecule has 1 saturated carbocycles. The first-order chi connectivity index (χ1) is 10.1. The van der Waals surface area contributed by atoms with Gasteiger partial charge in [0.1, 0.15) is 12.1 Å². The molecule has 0 atom stereocenters. The zero-order valence-electron chi connectivity index (χ0n) is 11.7. The highest BCUT2D eigenvalue weighted by Crippen LogP contribution is 2.30. The second-order valence-electron chi connectivity index (χ2n) is 5.64. The van der Waals surface area contributed by atoms with E-state index in [1.807, 2.05) is 41.1 Å². The van der Waals surface area contributed by atoms with Crippen molar-refractivity contribution in [3.05, 3.63) is 36.5 Å². The van der Waals surface area contributed by atoms with Crippen molar-refractivity contribution in [1.29, 1.82) is 0 Å². The lowest BCUT2D eigenvalue weighted by Gasteiger charge is -2.25. The summed E-state index contributed by atoms with van der Waals surface area (Å²) >= 11 is 0. The molecule has 1 heterocycles. The molecule has 1 aromatic carbocycles. The summed E-state index contributed by atoms with van der Waals surface area (Å²) in [5, 5.41) is 13.2. The van der Waals surface area contributed by atoms with Gasteiger partial charge in [-0.3, -0.25) is 4.79 Å². The first kappa shape index (κ1) is 13.7. The van der Waals surface area contributed by atoms with Crippen molar-refractivity contribution in [2.24, 2.45) is 0 Å². The molecule has 2 N–H and O–H groups in total. The smallest absolute Gasteiger partial charge is 0.329 e. The normalized spacial score (nSPS) is 17.0. The predicted octanol–water partition coefficient (Wildman–Crippen LogP) is 2.15. The average Bonchev–Trinajstić information content (AvgIpc) is 3.08. The van der Waals surface area contributed by atoms with E-state index in [9.17, 15) is 14.7 Å². The van der Waals surface area contributed by atoms with Crippen LogP contribution in [-0.4, -0.2) is 27.1 Å². The summed E-state index contributed by atoms with van der Waals surface area (Å²) in [6, 6.07) is 9.76. The van der Waals surface area contributed by atoms with Gasteiger partial charge in [-0.05, 0) is 30.4 Å². The number of para-hydroxylation sites is 1. The van der Waals surface area contributed by atoms with Gasteiger partial charge >= 0.3 is 5.97 Å². The van der Waals surface area contributed by atoms with Crippen LogP contribution in [0, 0.1) is 0 Å². The van der Waals surface area contributed by atoms with Crippen LogP contribution >= 0.6 is 0 Å². The van der Waals surface area contributed by atoms with Gasteiger partial charge < -0.3 is 15.0 Å². The molecule has 0 spiro atoms. The minimum atomic E-state index is -1.07. The molecule has 21 heavy (non-hydrogen) atoms. The fraction of sp³-hybridized carbons (Fsp3) is 0.375. The molecule has 110 valence electrons. The molecule has 0 saturated heterocycles. The number of hydrogen-bond acceptors (Lipinski definition) is 2. The molecule has 1 fully saturated rings. The molecular weight excluding hydrogens is 268 g/mol. The lowest BCUT2D eigenvalue weighted by atomic mass is 9.98. The second-order valence-corrected chi connectivity index (χ2v) is 5.64. The highest BCUT2D eigenvalue weighted by Gasteiger charge is 2.42. The van der Waals surface area contributed by atoms with Gasteiger partial charge in [-0.2, -0.15) is 0 Å². The molecule has 0 aliphatic heterocycles. The molecule has 5 heteroatoms. The maximum atomic E-state index is 12.2. The Labute approximate surface area is 122 Å². The molecule has 0 unspecified atom stereocenters. The predicted molar refractivity (Wildman–Crippen MR) is 78.9 cm³/mol. The molecule has 3 rings (SSSR count). The Morgan fingerprint density at radius 1 is 1.19 bits per heavy atom. The van der Waals surface area contributed by atoms with Gasteiger partial charge in [-0.15, -0.1) is 0 Å². The van der Waals surface area contributed by atoms with Gasteiger partial charge in [0.15, 0.2) is 0 Å². The zero-order valence-corrected chi connectivity index (χ0v) is 11.7. The Balaban J connectivity index is 1.76. The summed E-state index contributed by atoms with van der Waals surface area (Å²) in [6.45, 7) is 0.141. The number of carbonyl (C=O) groups excluding carboxylic acids is 1. The molecule has 0 radical (unpaired) electrons. The van der Waals surface area contributed by atoms with Crippen LogP contribution in [0.25, 0.3) is 10.9 Å². The third kappa shape index (κ3) is 2.51. The van der Waals surface area contributed by atoms with Crippen molar-refractivity contribution in [3.8, 4) is 0 Å². The van der Waals surface area contributed by atoms with E-state index in [2.05, 4.69) is 5.32 Å². The van der Waals surface area contributed by atoms with Crippen LogP contribution in [0.3, 0.4) is 0 Å². The first-order valence-electron chi connectivity index (χ1n) is 7.19. The molecule has 5 nitrogen and oxygen atoms in total. The van der Waals surface area contributed by atoms with Crippen LogP contribution in [0.15, 0.2) is 36.5 Å². The maximum absolute atomic E-state index is 12.2. The topological polar surface area (TPSA) is 71.3 Å². The Morgan fingerprint density at radius 3 is 2.62 bits per heavy atom. The molecule has 1 amide bonds. The fourth-order valence-electron chi connectivity index (χ4n) is 3.11. The number of carboxylic acids is 1. The third-order valence-electron chi connectivity index (χ3n) is 4.24. The van der Waals surface area contributed by atoms with Gasteiger partial charge in [-0.1, -0.05) is 31.0 Å². The number of fused-ring (bicyclic) bond motifs is 1. The average molecular weight is 286 g/mol. The standard InChI is InChI=1S/C16H18N2O3/c19-14(17-16(15(20)21)8-3-4-9-16)11-18-10-7-12-5-1-2-6-13(12)18/h1-2,5-7,10H,3-4,8-9,11H2,(H,17,19)(H,20,21). The van der Waals surface area contributed by atoms with E-state index in [4.69, 9.17) is 0 Å². The number of nitrogens with one attached hydrogen (secondary N) is 1. The summed E-state index contributed by atoms with van der Waals surface area (Å²) in [7, 11) is 0. The van der Waals surface area contributed by atoms with Gasteiger partial charge in [0.05, 0.1) is 0 Å². The number of hydrogen-bond donors (Lipinski definition) is 2. The zero-order chi connectivity index (χ0) is 14.9. The van der Waals surface area contributed by atoms with Crippen molar-refractivity contribution < 1.29 is 14.7 Å². The van der Waals surface area contributed by atoms with Gasteiger partial charge in [-0.25, -0.2) is 4.79 Å². The van der Waals surface area contributed by atoms with Gasteiger partial charge in [0.25, 0.3) is 0 Å². The summed E-state index contributed by atoms with van der Waals surface area (Å²) in [4.78, 5) is 23.7. The second kappa shape index (κ2) is 5.24. The summed E-state index contributed by atoms with van der Waals surface area (Å²) in [5.74, 6) is -1.17. The molecule has 2 aromatic rings. The van der Waals surface area contributed by atoms with Crippen LogP contribution < -0.4 is 5.32 Å².